The first-order valence-electron chi connectivity index (χ1n) is 6.09. The van der Waals surface area contributed by atoms with Crippen LogP contribution in [0, 0.1) is 0 Å². The Morgan fingerprint density at radius 2 is 2.11 bits per heavy atom. The second-order valence-corrected chi connectivity index (χ2v) is 4.09. The Bertz CT molecular complexity index is 569. The summed E-state index contributed by atoms with van der Waals surface area (Å²) in [4.78, 5) is 23.3. The van der Waals surface area contributed by atoms with Crippen LogP contribution in [0.4, 0.5) is 0 Å². The van der Waals surface area contributed by atoms with Crippen LogP contribution in [0.2, 0.25) is 0 Å². The van der Waals surface area contributed by atoms with Gasteiger partial charge in [-0.25, -0.2) is 4.79 Å². The van der Waals surface area contributed by atoms with Gasteiger partial charge in [0.2, 0.25) is 5.76 Å². The lowest BCUT2D eigenvalue weighted by Gasteiger charge is -2.11. The van der Waals surface area contributed by atoms with Gasteiger partial charge in [0, 0.05) is 11.9 Å². The summed E-state index contributed by atoms with van der Waals surface area (Å²) in [5.74, 6) is -0.876. The quantitative estimate of drug-likeness (QED) is 0.856. The van der Waals surface area contributed by atoms with Gasteiger partial charge in [-0.1, -0.05) is 18.2 Å². The molecule has 1 amide bonds. The van der Waals surface area contributed by atoms with Crippen LogP contribution >= 0.6 is 0 Å². The maximum atomic E-state index is 11.8. The highest BCUT2D eigenvalue weighted by Gasteiger charge is 2.20. The fourth-order valence-corrected chi connectivity index (χ4v) is 1.67. The molecule has 1 atom stereocenters. The normalized spacial score (nSPS) is 12.1. The molecule has 100 valence electrons. The summed E-state index contributed by atoms with van der Waals surface area (Å²) >= 11 is 0. The number of benzene rings is 1. The average molecular weight is 261 g/mol. The van der Waals surface area contributed by atoms with Crippen LogP contribution in [0.15, 0.2) is 34.7 Å². The van der Waals surface area contributed by atoms with E-state index in [9.17, 15) is 9.59 Å². The summed E-state index contributed by atoms with van der Waals surface area (Å²) in [5.41, 5.74) is 0.611. The molecule has 5 heteroatoms. The number of furan rings is 1. The van der Waals surface area contributed by atoms with Crippen LogP contribution < -0.4 is 5.32 Å². The Morgan fingerprint density at radius 1 is 1.37 bits per heavy atom. The number of nitrogens with one attached hydrogen (secondary N) is 1. The van der Waals surface area contributed by atoms with E-state index in [2.05, 4.69) is 5.32 Å². The smallest absolute Gasteiger partial charge is 0.375 e. The lowest BCUT2D eigenvalue weighted by molar-refractivity contribution is -0.129. The summed E-state index contributed by atoms with van der Waals surface area (Å²) in [6, 6.07) is 8.87. The SMILES string of the molecule is CCNC(=O)[C@@H](C)OC(=O)c1cc2ccccc2o1. The summed E-state index contributed by atoms with van der Waals surface area (Å²) in [5, 5.41) is 3.40. The first-order chi connectivity index (χ1) is 9.11. The number of ether oxygens (including phenoxy) is 1. The van der Waals surface area contributed by atoms with Gasteiger partial charge in [-0.2, -0.15) is 0 Å². The number of likely N-dealkylation sites (N-methyl/N-ethyl adjacent to an activating group) is 1. The van der Waals surface area contributed by atoms with Crippen LogP contribution in [-0.4, -0.2) is 24.5 Å². The molecule has 5 nitrogen and oxygen atoms in total. The number of carbonyl (C=O) groups is 2. The second-order valence-electron chi connectivity index (χ2n) is 4.09. The Kier molecular flexibility index (Phi) is 3.85. The van der Waals surface area contributed by atoms with E-state index >= 15 is 0 Å². The van der Waals surface area contributed by atoms with Crippen LogP contribution in [0.5, 0.6) is 0 Å². The number of rotatable bonds is 4. The van der Waals surface area contributed by atoms with Crippen LogP contribution in [0.25, 0.3) is 11.0 Å². The van der Waals surface area contributed by atoms with Crippen molar-refractivity contribution >= 4 is 22.8 Å². The van der Waals surface area contributed by atoms with Gasteiger partial charge < -0.3 is 14.5 Å². The summed E-state index contributed by atoms with van der Waals surface area (Å²) in [6.45, 7) is 3.81. The standard InChI is InChI=1S/C14H15NO4/c1-3-15-13(16)9(2)18-14(17)12-8-10-6-4-5-7-11(10)19-12/h4-9H,3H2,1-2H3,(H,15,16)/t9-/m1/s1. The molecule has 0 aliphatic carbocycles. The van der Waals surface area contributed by atoms with Gasteiger partial charge >= 0.3 is 5.97 Å². The van der Waals surface area contributed by atoms with Gasteiger partial charge in [-0.05, 0) is 26.0 Å². The van der Waals surface area contributed by atoms with E-state index < -0.39 is 12.1 Å². The molecule has 0 fully saturated rings. The maximum Gasteiger partial charge on any atom is 0.375 e. The molecule has 0 aliphatic heterocycles. The Hall–Kier alpha value is -2.30. The summed E-state index contributed by atoms with van der Waals surface area (Å²) < 4.78 is 10.4. The van der Waals surface area contributed by atoms with Crippen molar-refractivity contribution in [3.63, 3.8) is 0 Å². The van der Waals surface area contributed by atoms with Gasteiger partial charge in [0.25, 0.3) is 5.91 Å². The molecule has 19 heavy (non-hydrogen) atoms. The number of esters is 1. The Morgan fingerprint density at radius 3 is 2.79 bits per heavy atom. The summed E-state index contributed by atoms with van der Waals surface area (Å²) in [7, 11) is 0. The minimum absolute atomic E-state index is 0.0948. The first-order valence-corrected chi connectivity index (χ1v) is 6.09. The number of hydrogen-bond donors (Lipinski definition) is 1. The van der Waals surface area contributed by atoms with Crippen molar-refractivity contribution in [2.45, 2.75) is 20.0 Å². The summed E-state index contributed by atoms with van der Waals surface area (Å²) in [6.07, 6.45) is -0.847. The van der Waals surface area contributed by atoms with E-state index in [1.54, 1.807) is 19.1 Å². The van der Waals surface area contributed by atoms with Crippen molar-refractivity contribution in [1.82, 2.24) is 5.32 Å². The predicted molar refractivity (Wildman–Crippen MR) is 69.8 cm³/mol. The molecule has 0 radical (unpaired) electrons. The number of carbonyl (C=O) groups excluding carboxylic acids is 2. The third-order valence-corrected chi connectivity index (χ3v) is 2.63. The van der Waals surface area contributed by atoms with Gasteiger partial charge in [0.1, 0.15) is 5.58 Å². The minimum atomic E-state index is -0.847. The van der Waals surface area contributed by atoms with Crippen LogP contribution in [0.3, 0.4) is 0 Å². The molecule has 1 aromatic carbocycles. The van der Waals surface area contributed by atoms with E-state index in [0.29, 0.717) is 12.1 Å². The van der Waals surface area contributed by atoms with Crippen molar-refractivity contribution in [3.8, 4) is 0 Å². The highest BCUT2D eigenvalue weighted by atomic mass is 16.6. The molecule has 0 saturated heterocycles. The zero-order valence-electron chi connectivity index (χ0n) is 10.8. The topological polar surface area (TPSA) is 68.5 Å². The molecule has 0 spiro atoms. The lowest BCUT2D eigenvalue weighted by Crippen LogP contribution is -2.35. The van der Waals surface area contributed by atoms with E-state index in [4.69, 9.17) is 9.15 Å². The number of amides is 1. The minimum Gasteiger partial charge on any atom is -0.449 e. The van der Waals surface area contributed by atoms with Gasteiger partial charge in [0.05, 0.1) is 0 Å². The predicted octanol–water partition coefficient (Wildman–Crippen LogP) is 2.11. The number of fused-ring (bicyclic) bond motifs is 1. The maximum absolute atomic E-state index is 11.8. The molecule has 0 aliphatic rings. The van der Waals surface area contributed by atoms with Gasteiger partial charge in [-0.15, -0.1) is 0 Å². The van der Waals surface area contributed by atoms with Crippen molar-refractivity contribution < 1.29 is 18.7 Å². The molecule has 1 aromatic heterocycles. The highest BCUT2D eigenvalue weighted by molar-refractivity contribution is 5.94. The van der Waals surface area contributed by atoms with Crippen LogP contribution in [0.1, 0.15) is 24.4 Å². The van der Waals surface area contributed by atoms with E-state index in [1.165, 1.54) is 6.92 Å². The molecule has 0 unspecified atom stereocenters. The fourth-order valence-electron chi connectivity index (χ4n) is 1.67. The molecule has 2 aromatic rings. The molecule has 0 bridgehead atoms. The third-order valence-electron chi connectivity index (χ3n) is 2.63. The molecular formula is C14H15NO4. The Balaban J connectivity index is 2.09. The molecule has 1 N–H and O–H groups in total. The zero-order chi connectivity index (χ0) is 13.8. The monoisotopic (exact) mass is 261 g/mol. The lowest BCUT2D eigenvalue weighted by atomic mass is 10.2. The second kappa shape index (κ2) is 5.56. The number of para-hydroxylation sites is 1. The zero-order valence-corrected chi connectivity index (χ0v) is 10.8. The van der Waals surface area contributed by atoms with Gasteiger partial charge in [-0.3, -0.25) is 4.79 Å². The average Bonchev–Trinajstić information content (AvgIpc) is 2.82. The first kappa shape index (κ1) is 13.1. The largest absolute Gasteiger partial charge is 0.449 e. The molecular weight excluding hydrogens is 246 g/mol. The third kappa shape index (κ3) is 2.93. The Labute approximate surface area is 110 Å². The number of hydrogen-bond acceptors (Lipinski definition) is 4. The molecule has 2 rings (SSSR count). The van der Waals surface area contributed by atoms with Gasteiger partial charge in [0.15, 0.2) is 6.10 Å². The van der Waals surface area contributed by atoms with E-state index in [1.807, 2.05) is 18.2 Å². The molecule has 0 saturated carbocycles. The van der Waals surface area contributed by atoms with Crippen molar-refractivity contribution in [3.05, 3.63) is 36.1 Å². The fraction of sp³-hybridized carbons (Fsp3) is 0.286. The van der Waals surface area contributed by atoms with Crippen molar-refractivity contribution in [1.29, 1.82) is 0 Å². The van der Waals surface area contributed by atoms with Crippen molar-refractivity contribution in [2.75, 3.05) is 6.54 Å². The van der Waals surface area contributed by atoms with E-state index in [-0.39, 0.29) is 11.7 Å². The molecule has 1 heterocycles. The van der Waals surface area contributed by atoms with Crippen LogP contribution in [-0.2, 0) is 9.53 Å². The highest BCUT2D eigenvalue weighted by Crippen LogP contribution is 2.19. The van der Waals surface area contributed by atoms with E-state index in [0.717, 1.165) is 5.39 Å². The van der Waals surface area contributed by atoms with Crippen molar-refractivity contribution in [2.24, 2.45) is 0 Å².